The van der Waals surface area contributed by atoms with Crippen LogP contribution < -0.4 is 0 Å². The van der Waals surface area contributed by atoms with Crippen LogP contribution in [0.2, 0.25) is 5.02 Å². The van der Waals surface area contributed by atoms with Crippen LogP contribution >= 0.6 is 11.6 Å². The third-order valence-electron chi connectivity index (χ3n) is 4.03. The quantitative estimate of drug-likeness (QED) is 0.527. The zero-order valence-electron chi connectivity index (χ0n) is 13.3. The molecule has 0 unspecified atom stereocenters. The highest BCUT2D eigenvalue weighted by molar-refractivity contribution is 6.30. The van der Waals surface area contributed by atoms with Crippen LogP contribution in [0.25, 0.3) is 28.2 Å². The van der Waals surface area contributed by atoms with Crippen LogP contribution in [0, 0.1) is 0 Å². The van der Waals surface area contributed by atoms with Crippen LogP contribution in [-0.4, -0.2) is 14.9 Å². The molecular formula is C21H15ClN2O. The van der Waals surface area contributed by atoms with Gasteiger partial charge in [-0.3, -0.25) is 0 Å². The standard InChI is InChI=1S/C21H15ClN2O/c22-16-12-10-15(11-13-16)20-14-19(18-8-4-5-9-21(18)25)23-24(20)17-6-2-1-3-7-17/h1-14,25H. The van der Waals surface area contributed by atoms with Crippen LogP contribution in [0.3, 0.4) is 0 Å². The van der Waals surface area contributed by atoms with E-state index in [1.807, 2.05) is 77.5 Å². The van der Waals surface area contributed by atoms with Gasteiger partial charge in [0, 0.05) is 16.1 Å². The Labute approximate surface area is 150 Å². The predicted molar refractivity (Wildman–Crippen MR) is 101 cm³/mol. The molecule has 1 heterocycles. The van der Waals surface area contributed by atoms with E-state index in [2.05, 4.69) is 0 Å². The van der Waals surface area contributed by atoms with Crippen molar-refractivity contribution in [2.24, 2.45) is 0 Å². The zero-order valence-corrected chi connectivity index (χ0v) is 14.1. The molecule has 25 heavy (non-hydrogen) atoms. The van der Waals surface area contributed by atoms with Crippen molar-refractivity contribution in [3.8, 4) is 34.0 Å². The highest BCUT2D eigenvalue weighted by atomic mass is 35.5. The summed E-state index contributed by atoms with van der Waals surface area (Å²) < 4.78 is 1.88. The van der Waals surface area contributed by atoms with Crippen LogP contribution in [-0.2, 0) is 0 Å². The van der Waals surface area contributed by atoms with Gasteiger partial charge in [-0.1, -0.05) is 54.1 Å². The van der Waals surface area contributed by atoms with Crippen LogP contribution in [0.5, 0.6) is 5.75 Å². The monoisotopic (exact) mass is 346 g/mol. The average Bonchev–Trinajstić information content (AvgIpc) is 3.08. The Kier molecular flexibility index (Phi) is 4.00. The summed E-state index contributed by atoms with van der Waals surface area (Å²) in [5.41, 5.74) is 4.30. The fraction of sp³-hybridized carbons (Fsp3) is 0. The maximum Gasteiger partial charge on any atom is 0.125 e. The van der Waals surface area contributed by atoms with Gasteiger partial charge in [-0.15, -0.1) is 0 Å². The smallest absolute Gasteiger partial charge is 0.125 e. The number of aromatic hydroxyl groups is 1. The second-order valence-electron chi connectivity index (χ2n) is 5.69. The number of benzene rings is 3. The second kappa shape index (κ2) is 6.46. The van der Waals surface area contributed by atoms with E-state index in [1.165, 1.54) is 0 Å². The van der Waals surface area contributed by atoms with Crippen molar-refractivity contribution >= 4 is 11.6 Å². The third kappa shape index (κ3) is 3.02. The molecule has 3 aromatic carbocycles. The Hall–Kier alpha value is -3.04. The van der Waals surface area contributed by atoms with Crippen LogP contribution in [0.15, 0.2) is 84.9 Å². The van der Waals surface area contributed by atoms with Gasteiger partial charge in [0.25, 0.3) is 0 Å². The SMILES string of the molecule is Oc1ccccc1-c1cc(-c2ccc(Cl)cc2)n(-c2ccccc2)n1. The Balaban J connectivity index is 1.92. The number of rotatable bonds is 3. The van der Waals surface area contributed by atoms with E-state index < -0.39 is 0 Å². The molecule has 122 valence electrons. The Morgan fingerprint density at radius 2 is 1.48 bits per heavy atom. The second-order valence-corrected chi connectivity index (χ2v) is 6.12. The summed E-state index contributed by atoms with van der Waals surface area (Å²) in [5, 5.41) is 15.6. The molecule has 1 aromatic heterocycles. The lowest BCUT2D eigenvalue weighted by atomic mass is 10.1. The van der Waals surface area contributed by atoms with E-state index in [0.717, 1.165) is 16.9 Å². The van der Waals surface area contributed by atoms with E-state index >= 15 is 0 Å². The largest absolute Gasteiger partial charge is 0.507 e. The van der Waals surface area contributed by atoms with Crippen molar-refractivity contribution in [2.45, 2.75) is 0 Å². The van der Waals surface area contributed by atoms with Crippen molar-refractivity contribution in [2.75, 3.05) is 0 Å². The van der Waals surface area contributed by atoms with E-state index in [4.69, 9.17) is 16.7 Å². The van der Waals surface area contributed by atoms with E-state index in [1.54, 1.807) is 12.1 Å². The maximum absolute atomic E-state index is 10.2. The van der Waals surface area contributed by atoms with Crippen molar-refractivity contribution in [3.63, 3.8) is 0 Å². The van der Waals surface area contributed by atoms with Gasteiger partial charge in [-0.25, -0.2) is 4.68 Å². The molecule has 4 aromatic rings. The lowest BCUT2D eigenvalue weighted by Crippen LogP contribution is -1.98. The first-order valence-electron chi connectivity index (χ1n) is 7.92. The summed E-state index contributed by atoms with van der Waals surface area (Å²) in [6.45, 7) is 0. The number of hydrogen-bond donors (Lipinski definition) is 1. The molecule has 4 rings (SSSR count). The summed E-state index contributed by atoms with van der Waals surface area (Å²) in [6.07, 6.45) is 0. The van der Waals surface area contributed by atoms with Crippen LogP contribution in [0.4, 0.5) is 0 Å². The summed E-state index contributed by atoms with van der Waals surface area (Å²) in [7, 11) is 0. The molecule has 0 radical (unpaired) electrons. The van der Waals surface area contributed by atoms with Crippen molar-refractivity contribution in [3.05, 3.63) is 90.0 Å². The average molecular weight is 347 g/mol. The minimum atomic E-state index is 0.211. The summed E-state index contributed by atoms with van der Waals surface area (Å²) in [6, 6.07) is 26.8. The molecule has 4 heteroatoms. The third-order valence-corrected chi connectivity index (χ3v) is 4.28. The minimum absolute atomic E-state index is 0.211. The highest BCUT2D eigenvalue weighted by Gasteiger charge is 2.14. The van der Waals surface area contributed by atoms with Gasteiger partial charge in [-0.05, 0) is 42.5 Å². The minimum Gasteiger partial charge on any atom is -0.507 e. The first-order chi connectivity index (χ1) is 12.2. The molecule has 0 spiro atoms. The molecule has 0 aliphatic heterocycles. The van der Waals surface area contributed by atoms with Gasteiger partial charge >= 0.3 is 0 Å². The number of aromatic nitrogens is 2. The molecule has 0 amide bonds. The van der Waals surface area contributed by atoms with Gasteiger partial charge in [0.1, 0.15) is 5.75 Å². The Morgan fingerprint density at radius 1 is 0.800 bits per heavy atom. The number of para-hydroxylation sites is 2. The first kappa shape index (κ1) is 15.5. The molecule has 1 N–H and O–H groups in total. The van der Waals surface area contributed by atoms with Gasteiger partial charge in [-0.2, -0.15) is 5.10 Å². The summed E-state index contributed by atoms with van der Waals surface area (Å²) >= 11 is 6.02. The van der Waals surface area contributed by atoms with Gasteiger partial charge in [0.2, 0.25) is 0 Å². The molecule has 3 nitrogen and oxygen atoms in total. The van der Waals surface area contributed by atoms with E-state index in [-0.39, 0.29) is 5.75 Å². The fourth-order valence-corrected chi connectivity index (χ4v) is 2.92. The Morgan fingerprint density at radius 3 is 2.20 bits per heavy atom. The van der Waals surface area contributed by atoms with Gasteiger partial charge in [0.05, 0.1) is 17.1 Å². The molecule has 0 bridgehead atoms. The topological polar surface area (TPSA) is 38.0 Å². The van der Waals surface area contributed by atoms with E-state index in [9.17, 15) is 5.11 Å². The summed E-state index contributed by atoms with van der Waals surface area (Å²) in [4.78, 5) is 0. The van der Waals surface area contributed by atoms with Crippen molar-refractivity contribution in [1.82, 2.24) is 9.78 Å². The lowest BCUT2D eigenvalue weighted by molar-refractivity contribution is 0.477. The Bertz CT molecular complexity index is 1010. The highest BCUT2D eigenvalue weighted by Crippen LogP contribution is 2.33. The van der Waals surface area contributed by atoms with Crippen molar-refractivity contribution < 1.29 is 5.11 Å². The molecule has 0 aliphatic carbocycles. The fourth-order valence-electron chi connectivity index (χ4n) is 2.80. The summed E-state index contributed by atoms with van der Waals surface area (Å²) in [5.74, 6) is 0.211. The number of phenolic OH excluding ortho intramolecular Hbond substituents is 1. The molecule has 0 atom stereocenters. The lowest BCUT2D eigenvalue weighted by Gasteiger charge is -2.07. The molecule has 0 saturated heterocycles. The predicted octanol–water partition coefficient (Wildman–Crippen LogP) is 5.57. The molecule has 0 saturated carbocycles. The molecule has 0 aliphatic rings. The maximum atomic E-state index is 10.2. The number of phenols is 1. The van der Waals surface area contributed by atoms with Gasteiger partial charge < -0.3 is 5.11 Å². The number of halogens is 1. The van der Waals surface area contributed by atoms with Crippen molar-refractivity contribution in [1.29, 1.82) is 0 Å². The molecular weight excluding hydrogens is 332 g/mol. The zero-order chi connectivity index (χ0) is 17.2. The van der Waals surface area contributed by atoms with E-state index in [0.29, 0.717) is 16.3 Å². The number of hydrogen-bond acceptors (Lipinski definition) is 2. The normalized spacial score (nSPS) is 10.8. The van der Waals surface area contributed by atoms with Crippen LogP contribution in [0.1, 0.15) is 0 Å². The number of nitrogens with zero attached hydrogens (tertiary/aromatic N) is 2. The van der Waals surface area contributed by atoms with Gasteiger partial charge in [0.15, 0.2) is 0 Å². The first-order valence-corrected chi connectivity index (χ1v) is 8.30. The molecule has 0 fully saturated rings.